The second-order valence-electron chi connectivity index (χ2n) is 30.7. The molecule has 0 unspecified atom stereocenters. The Labute approximate surface area is 608 Å². The van der Waals surface area contributed by atoms with Crippen LogP contribution in [0.3, 0.4) is 0 Å². The molecule has 4 N–H and O–H groups in total. The van der Waals surface area contributed by atoms with Crippen molar-refractivity contribution >= 4 is 102 Å². The highest BCUT2D eigenvalue weighted by Crippen LogP contribution is 2.38. The lowest BCUT2D eigenvalue weighted by atomic mass is 9.79. The minimum atomic E-state index is -1.48. The van der Waals surface area contributed by atoms with Crippen LogP contribution >= 0.6 is 15.9 Å². The van der Waals surface area contributed by atoms with Crippen molar-refractivity contribution in [2.45, 2.75) is 184 Å². The first kappa shape index (κ1) is 79.7. The molecule has 4 atom stereocenters. The first-order chi connectivity index (χ1) is 47.8. The predicted molar refractivity (Wildman–Crippen MR) is 403 cm³/mol. The molecular weight excluding hydrogens is 1400 g/mol. The molecule has 2 saturated heterocycles. The van der Waals surface area contributed by atoms with E-state index in [1.807, 2.05) is 75.3 Å². The van der Waals surface area contributed by atoms with Gasteiger partial charge in [-0.3, -0.25) is 9.59 Å². The van der Waals surface area contributed by atoms with Gasteiger partial charge in [0.25, 0.3) is 0 Å². The average molecular weight is 1510 g/mol. The number of esters is 2. The number of hydrogen-bond acceptors (Lipinski definition) is 22. The number of hydrogen-bond donors (Lipinski definition) is 4. The molecule has 8 heterocycles. The predicted octanol–water partition coefficient (Wildman–Crippen LogP) is 12.9. The zero-order valence-corrected chi connectivity index (χ0v) is 66.4. The summed E-state index contributed by atoms with van der Waals surface area (Å²) in [6, 6.07) is 14.2. The van der Waals surface area contributed by atoms with Crippen molar-refractivity contribution in [2.75, 3.05) is 64.2 Å². The van der Waals surface area contributed by atoms with E-state index in [0.29, 0.717) is 74.8 Å². The molecule has 30 heteroatoms. The Morgan fingerprint density at radius 2 is 1.05 bits per heavy atom. The fourth-order valence-electron chi connectivity index (χ4n) is 12.1. The van der Waals surface area contributed by atoms with Gasteiger partial charge in [-0.1, -0.05) is 83.7 Å². The third-order valence-electron chi connectivity index (χ3n) is 17.2. The molecule has 0 radical (unpaired) electrons. The number of anilines is 2. The van der Waals surface area contributed by atoms with Crippen LogP contribution in [0.1, 0.15) is 88.4 Å². The lowest BCUT2D eigenvalue weighted by molar-refractivity contribution is -0.148. The number of halogens is 1. The quantitative estimate of drug-likeness (QED) is 0.0238. The van der Waals surface area contributed by atoms with Gasteiger partial charge in [-0.15, -0.1) is 0 Å². The van der Waals surface area contributed by atoms with Gasteiger partial charge in [-0.05, 0) is 143 Å². The largest absolute Gasteiger partial charge is 0.494 e. The summed E-state index contributed by atoms with van der Waals surface area (Å²) in [4.78, 5) is 73.3. The zero-order valence-electron chi connectivity index (χ0n) is 62.8. The summed E-state index contributed by atoms with van der Waals surface area (Å²) in [5.74, 6) is 0.298. The van der Waals surface area contributed by atoms with Crippen LogP contribution in [-0.2, 0) is 51.5 Å². The van der Waals surface area contributed by atoms with Crippen molar-refractivity contribution < 1.29 is 66.7 Å². The number of carbonyl (C=O) groups excluding carboxylic acids is 4. The number of rotatable bonds is 20. The number of nitrogens with one attached hydrogen (secondary N) is 2. The molecule has 26 nitrogen and oxygen atoms in total. The molecule has 2 aliphatic rings. The molecule has 6 aromatic heterocycles. The Hall–Kier alpha value is -8.00. The molecule has 552 valence electrons. The minimum Gasteiger partial charge on any atom is -0.469 e. The van der Waals surface area contributed by atoms with Gasteiger partial charge >= 0.3 is 31.2 Å². The summed E-state index contributed by atoms with van der Waals surface area (Å²) in [6.45, 7) is 39.5. The Kier molecular flexibility index (Phi) is 26.3. The second kappa shape index (κ2) is 33.6. The van der Waals surface area contributed by atoms with Gasteiger partial charge in [-0.25, -0.2) is 29.5 Å². The summed E-state index contributed by atoms with van der Waals surface area (Å²) in [5.41, 5.74) is 9.80. The monoisotopic (exact) mass is 1500 g/mol. The third kappa shape index (κ3) is 21.6. The Bertz CT molecular complexity index is 4210. The number of likely N-dealkylation sites (tertiary alicyclic amines) is 2. The molecule has 0 spiro atoms. The number of aromatic nitrogens is 8. The first-order valence-corrected chi connectivity index (χ1v) is 42.6. The highest BCUT2D eigenvalue weighted by Gasteiger charge is 2.39. The van der Waals surface area contributed by atoms with Crippen LogP contribution in [0.5, 0.6) is 0 Å². The van der Waals surface area contributed by atoms with Crippen molar-refractivity contribution in [3.8, 4) is 33.6 Å². The van der Waals surface area contributed by atoms with Crippen molar-refractivity contribution in [1.82, 2.24) is 49.2 Å². The van der Waals surface area contributed by atoms with E-state index in [1.165, 1.54) is 14.2 Å². The average Bonchev–Trinajstić information content (AvgIpc) is 1.59. The summed E-state index contributed by atoms with van der Waals surface area (Å²) in [6.07, 6.45) is 7.75. The standard InChI is InChI=1S/C36H50N6O6Si.C31H44BrN5O5Si.C5H8BNO3/c1-22-17-37-34(38-27-15-26(33(43)45-7)18-41(19-27)35(44)47-36(4,5)6)39-32(22)29-20-42(21-46-13-14-49(8,9)10)30-16-25(11-12-28(29)30)31-23(2)40-48-24(31)3;1-20-15-33-29(34-23-13-21(28(38)40-5)16-36(17-23)30(39)42-31(2,3)4)35-27(20)25-18-37(19-41-11-12-43(6,7)8)26-14-22(32)9-10-24(25)26;1-3-5(6(8)9)4(2)10-7-3/h11-12,16-17,20,26-27H,13-15,18-19,21H2,1-10H3,(H,37,38,39);9-10,14-15,18,21,23H,11-13,16-17,19H2,1-8H3,(H,33,34,35);8-9H,1-2H3/t26-,27+;21-,23+;/m11./s1. The highest BCUT2D eigenvalue weighted by atomic mass is 79.9. The summed E-state index contributed by atoms with van der Waals surface area (Å²) in [5, 5.41) is 34.0. The van der Waals surface area contributed by atoms with Crippen LogP contribution in [-0.4, -0.2) is 184 Å². The number of piperidine rings is 2. The molecule has 2 aliphatic heterocycles. The van der Waals surface area contributed by atoms with Crippen LogP contribution in [0.15, 0.2) is 74.7 Å². The van der Waals surface area contributed by atoms with E-state index in [9.17, 15) is 19.2 Å². The molecule has 2 amide bonds. The van der Waals surface area contributed by atoms with E-state index >= 15 is 0 Å². The second-order valence-corrected chi connectivity index (χ2v) is 42.9. The van der Waals surface area contributed by atoms with Gasteiger partial charge in [0.2, 0.25) is 11.9 Å². The van der Waals surface area contributed by atoms with E-state index in [1.54, 1.807) is 36.0 Å². The van der Waals surface area contributed by atoms with E-state index < -0.39 is 58.5 Å². The topological polar surface area (TPSA) is 308 Å². The molecule has 2 fully saturated rings. The van der Waals surface area contributed by atoms with Crippen LogP contribution < -0.4 is 16.1 Å². The van der Waals surface area contributed by atoms with Crippen molar-refractivity contribution in [1.29, 1.82) is 0 Å². The summed E-state index contributed by atoms with van der Waals surface area (Å²) >= 11 is 3.62. The maximum atomic E-state index is 13.0. The maximum absolute atomic E-state index is 13.0. The fraction of sp³-hybridized carbons (Fsp3) is 0.528. The fourth-order valence-corrected chi connectivity index (χ4v) is 14.0. The number of nitrogens with zero attached hydrogens (tertiary/aromatic N) is 10. The Balaban J connectivity index is 0.000000229. The van der Waals surface area contributed by atoms with Gasteiger partial charge in [0.1, 0.15) is 36.2 Å². The van der Waals surface area contributed by atoms with E-state index in [0.717, 1.165) is 101 Å². The van der Waals surface area contributed by atoms with Gasteiger partial charge in [0.05, 0.1) is 59.9 Å². The zero-order chi connectivity index (χ0) is 74.9. The normalized spacial score (nSPS) is 16.6. The lowest BCUT2D eigenvalue weighted by Crippen LogP contribution is -2.52. The number of benzene rings is 2. The van der Waals surface area contributed by atoms with Crippen molar-refractivity contribution in [3.05, 3.63) is 99.7 Å². The van der Waals surface area contributed by atoms with E-state index in [2.05, 4.69) is 143 Å². The van der Waals surface area contributed by atoms with Crippen LogP contribution in [0.25, 0.3) is 55.4 Å². The van der Waals surface area contributed by atoms with Crippen molar-refractivity contribution in [2.24, 2.45) is 11.8 Å². The van der Waals surface area contributed by atoms with Gasteiger partial charge in [0.15, 0.2) is 0 Å². The van der Waals surface area contributed by atoms with E-state index in [4.69, 9.17) is 53.0 Å². The molecule has 0 bridgehead atoms. The number of methoxy groups -OCH3 is 2. The Morgan fingerprint density at radius 3 is 1.43 bits per heavy atom. The first-order valence-electron chi connectivity index (χ1n) is 34.4. The molecule has 10 rings (SSSR count). The minimum absolute atomic E-state index is 0.217. The molecule has 8 aromatic rings. The number of carbonyl (C=O) groups is 4. The number of amides is 2. The SMILES string of the molecule is COC(=O)[C@@H]1C[C@H](Nc2ncc(C)c(-c3cn(COCC[Si](C)(C)C)c4cc(-c5c(C)noc5C)ccc34)n2)CN(C(=O)OC(C)(C)C)C1.COC(=O)[C@@H]1C[C@H](Nc2ncc(C)c(-c3cn(COCC[Si](C)(C)C)c4cc(Br)ccc34)n2)CN(C(=O)OC(C)(C)C)C1.Cc1noc(C)c1B(O)O. The van der Waals surface area contributed by atoms with Crippen LogP contribution in [0, 0.1) is 53.4 Å². The lowest BCUT2D eigenvalue weighted by Gasteiger charge is -2.37. The number of fused-ring (bicyclic) bond motifs is 2. The number of aryl methyl sites for hydroxylation is 6. The summed E-state index contributed by atoms with van der Waals surface area (Å²) < 4.78 is 49.0. The van der Waals surface area contributed by atoms with E-state index in [-0.39, 0.29) is 37.1 Å². The molecule has 0 saturated carbocycles. The molecular formula is C72H102BBrN12O14Si2. The molecule has 2 aromatic carbocycles. The van der Waals surface area contributed by atoms with Crippen LogP contribution in [0.2, 0.25) is 51.4 Å². The van der Waals surface area contributed by atoms with Gasteiger partial charge in [0, 0.05) is 130 Å². The Morgan fingerprint density at radius 1 is 0.618 bits per heavy atom. The smallest absolute Gasteiger partial charge is 0.469 e. The van der Waals surface area contributed by atoms with Crippen molar-refractivity contribution in [3.63, 3.8) is 0 Å². The van der Waals surface area contributed by atoms with Crippen LogP contribution in [0.4, 0.5) is 21.5 Å². The third-order valence-corrected chi connectivity index (χ3v) is 21.1. The molecule has 102 heavy (non-hydrogen) atoms. The van der Waals surface area contributed by atoms with Gasteiger partial charge < -0.3 is 77.1 Å². The number of ether oxygens (including phenoxy) is 6. The maximum Gasteiger partial charge on any atom is 0.494 e. The molecule has 0 aliphatic carbocycles. The summed E-state index contributed by atoms with van der Waals surface area (Å²) in [7, 11) is -1.21. The highest BCUT2D eigenvalue weighted by molar-refractivity contribution is 9.10. The van der Waals surface area contributed by atoms with Gasteiger partial charge in [-0.2, -0.15) is 0 Å².